The average molecular weight is 263 g/mol. The monoisotopic (exact) mass is 263 g/mol. The van der Waals surface area contributed by atoms with Crippen molar-refractivity contribution in [1.82, 2.24) is 5.16 Å². The Morgan fingerprint density at radius 3 is 2.72 bits per heavy atom. The van der Waals surface area contributed by atoms with Gasteiger partial charge < -0.3 is 9.26 Å². The number of benzene rings is 1. The molecule has 4 nitrogen and oxygen atoms in total. The van der Waals surface area contributed by atoms with Crippen LogP contribution < -0.4 is 0 Å². The van der Waals surface area contributed by atoms with Crippen molar-refractivity contribution in [3.05, 3.63) is 35.5 Å². The Kier molecular flexibility index (Phi) is 3.72. The molecule has 1 aromatic heterocycles. The molecule has 0 fully saturated rings. The molecule has 0 amide bonds. The number of hydrogen-bond acceptors (Lipinski definition) is 5. The number of thioether (sulfide) groups is 1. The van der Waals surface area contributed by atoms with Crippen LogP contribution in [0.25, 0.3) is 11.3 Å². The van der Waals surface area contributed by atoms with Crippen molar-refractivity contribution in [2.45, 2.75) is 11.8 Å². The molecule has 5 heteroatoms. The van der Waals surface area contributed by atoms with E-state index in [4.69, 9.17) is 9.26 Å². The summed E-state index contributed by atoms with van der Waals surface area (Å²) in [7, 11) is 1.37. The molecule has 2 rings (SSSR count). The summed E-state index contributed by atoms with van der Waals surface area (Å²) in [6.07, 6.45) is 3.57. The van der Waals surface area contributed by atoms with Gasteiger partial charge in [-0.15, -0.1) is 11.8 Å². The lowest BCUT2D eigenvalue weighted by Gasteiger charge is -2.11. The Morgan fingerprint density at radius 1 is 1.39 bits per heavy atom. The van der Waals surface area contributed by atoms with Gasteiger partial charge in [-0.05, 0) is 30.9 Å². The van der Waals surface area contributed by atoms with Crippen molar-refractivity contribution in [2.24, 2.45) is 0 Å². The summed E-state index contributed by atoms with van der Waals surface area (Å²) in [4.78, 5) is 12.7. The molecule has 0 saturated carbocycles. The molecule has 0 aliphatic carbocycles. The number of carbonyl (C=O) groups is 1. The highest BCUT2D eigenvalue weighted by Crippen LogP contribution is 2.34. The number of carbonyl (C=O) groups excluding carboxylic acids is 1. The second kappa shape index (κ2) is 5.27. The number of nitrogens with zero attached hydrogens (tertiary/aromatic N) is 1. The Morgan fingerprint density at radius 2 is 2.17 bits per heavy atom. The lowest BCUT2D eigenvalue weighted by atomic mass is 10.0. The van der Waals surface area contributed by atoms with E-state index in [1.165, 1.54) is 7.11 Å². The van der Waals surface area contributed by atoms with Gasteiger partial charge in [-0.3, -0.25) is 0 Å². The molecule has 0 radical (unpaired) electrons. The maximum Gasteiger partial charge on any atom is 0.338 e. The first-order chi connectivity index (χ1) is 8.69. The third kappa shape index (κ3) is 2.13. The van der Waals surface area contributed by atoms with Gasteiger partial charge in [0.1, 0.15) is 0 Å². The predicted octanol–water partition coefficient (Wildman–Crippen LogP) is 3.16. The largest absolute Gasteiger partial charge is 0.465 e. The van der Waals surface area contributed by atoms with E-state index in [0.717, 1.165) is 16.0 Å². The molecule has 18 heavy (non-hydrogen) atoms. The molecule has 0 atom stereocenters. The average Bonchev–Trinajstić information content (AvgIpc) is 2.90. The summed E-state index contributed by atoms with van der Waals surface area (Å²) in [6.45, 7) is 1.88. The zero-order valence-electron chi connectivity index (χ0n) is 10.4. The van der Waals surface area contributed by atoms with Crippen LogP contribution in [0.5, 0.6) is 0 Å². The van der Waals surface area contributed by atoms with Crippen LogP contribution in [0, 0.1) is 6.92 Å². The summed E-state index contributed by atoms with van der Waals surface area (Å²) >= 11 is 1.60. The number of rotatable bonds is 3. The summed E-state index contributed by atoms with van der Waals surface area (Å²) in [5, 5.41) is 3.71. The van der Waals surface area contributed by atoms with Gasteiger partial charge in [0.05, 0.1) is 18.9 Å². The first kappa shape index (κ1) is 12.7. The van der Waals surface area contributed by atoms with Crippen molar-refractivity contribution < 1.29 is 14.1 Å². The second-order valence-electron chi connectivity index (χ2n) is 3.68. The fourth-order valence-corrected chi connectivity index (χ4v) is 2.50. The van der Waals surface area contributed by atoms with Gasteiger partial charge in [-0.2, -0.15) is 0 Å². The minimum atomic E-state index is -0.346. The van der Waals surface area contributed by atoms with Gasteiger partial charge in [0, 0.05) is 16.5 Å². The molecule has 0 unspecified atom stereocenters. The van der Waals surface area contributed by atoms with E-state index < -0.39 is 0 Å². The van der Waals surface area contributed by atoms with Gasteiger partial charge in [0.25, 0.3) is 0 Å². The van der Waals surface area contributed by atoms with Crippen molar-refractivity contribution in [3.8, 4) is 11.3 Å². The van der Waals surface area contributed by atoms with Crippen molar-refractivity contribution in [1.29, 1.82) is 0 Å². The van der Waals surface area contributed by atoms with Crippen LogP contribution >= 0.6 is 11.8 Å². The quantitative estimate of drug-likeness (QED) is 0.629. The fraction of sp³-hybridized carbons (Fsp3) is 0.231. The molecule has 2 aromatic rings. The van der Waals surface area contributed by atoms with Crippen LogP contribution in [0.3, 0.4) is 0 Å². The van der Waals surface area contributed by atoms with Crippen LogP contribution in [0.15, 0.2) is 33.8 Å². The topological polar surface area (TPSA) is 52.3 Å². The minimum absolute atomic E-state index is 0.346. The predicted molar refractivity (Wildman–Crippen MR) is 69.8 cm³/mol. The molecule has 94 valence electrons. The molecule has 1 heterocycles. The maximum atomic E-state index is 11.7. The number of esters is 1. The van der Waals surface area contributed by atoms with Crippen LogP contribution in [0.2, 0.25) is 0 Å². The summed E-state index contributed by atoms with van der Waals surface area (Å²) in [5.74, 6) is 0.309. The molecular weight excluding hydrogens is 250 g/mol. The maximum absolute atomic E-state index is 11.7. The third-order valence-corrected chi connectivity index (χ3v) is 3.52. The highest BCUT2D eigenvalue weighted by Gasteiger charge is 2.18. The number of methoxy groups -OCH3 is 1. The van der Waals surface area contributed by atoms with E-state index in [1.807, 2.05) is 19.2 Å². The van der Waals surface area contributed by atoms with Crippen molar-refractivity contribution in [3.63, 3.8) is 0 Å². The zero-order chi connectivity index (χ0) is 13.1. The van der Waals surface area contributed by atoms with Crippen LogP contribution in [-0.4, -0.2) is 24.5 Å². The second-order valence-corrected chi connectivity index (χ2v) is 4.53. The van der Waals surface area contributed by atoms with E-state index in [2.05, 4.69) is 5.16 Å². The minimum Gasteiger partial charge on any atom is -0.465 e. The molecule has 0 bridgehead atoms. The molecule has 0 aliphatic heterocycles. The number of aromatic nitrogens is 1. The van der Waals surface area contributed by atoms with E-state index in [1.54, 1.807) is 30.1 Å². The van der Waals surface area contributed by atoms with Crippen molar-refractivity contribution in [2.75, 3.05) is 13.4 Å². The first-order valence-electron chi connectivity index (χ1n) is 5.36. The summed E-state index contributed by atoms with van der Waals surface area (Å²) < 4.78 is 9.97. The van der Waals surface area contributed by atoms with Gasteiger partial charge in [0.2, 0.25) is 0 Å². The van der Waals surface area contributed by atoms with E-state index in [-0.39, 0.29) is 5.97 Å². The SMILES string of the molecule is COC(=O)c1ccc(SC)c(-c2ccno2)c1C. The van der Waals surface area contributed by atoms with E-state index in [9.17, 15) is 4.79 Å². The fourth-order valence-electron chi connectivity index (χ4n) is 1.84. The van der Waals surface area contributed by atoms with E-state index in [0.29, 0.717) is 11.3 Å². The standard InChI is InChI=1S/C13H13NO3S/c1-8-9(13(15)16-2)4-5-11(18-3)12(8)10-6-7-14-17-10/h4-7H,1-3H3. The lowest BCUT2D eigenvalue weighted by Crippen LogP contribution is -2.05. The Bertz CT molecular complexity index is 564. The normalized spacial score (nSPS) is 10.4. The molecule has 0 N–H and O–H groups in total. The van der Waals surface area contributed by atoms with E-state index >= 15 is 0 Å². The molecule has 1 aromatic carbocycles. The van der Waals surface area contributed by atoms with Crippen molar-refractivity contribution >= 4 is 17.7 Å². The number of hydrogen-bond donors (Lipinski definition) is 0. The Hall–Kier alpha value is -1.75. The highest BCUT2D eigenvalue weighted by atomic mass is 32.2. The van der Waals surface area contributed by atoms with Crippen LogP contribution in [0.1, 0.15) is 15.9 Å². The third-order valence-electron chi connectivity index (χ3n) is 2.74. The van der Waals surface area contributed by atoms with Gasteiger partial charge in [-0.1, -0.05) is 5.16 Å². The Balaban J connectivity index is 2.65. The summed E-state index contributed by atoms with van der Waals surface area (Å²) in [5.41, 5.74) is 2.27. The van der Waals surface area contributed by atoms with Gasteiger partial charge in [0.15, 0.2) is 5.76 Å². The van der Waals surface area contributed by atoms with Crippen LogP contribution in [-0.2, 0) is 4.74 Å². The summed E-state index contributed by atoms with van der Waals surface area (Å²) in [6, 6.07) is 5.44. The Labute approximate surface area is 109 Å². The molecular formula is C13H13NO3S. The first-order valence-corrected chi connectivity index (χ1v) is 6.58. The molecule has 0 spiro atoms. The zero-order valence-corrected chi connectivity index (χ0v) is 11.2. The van der Waals surface area contributed by atoms with Crippen LogP contribution in [0.4, 0.5) is 0 Å². The van der Waals surface area contributed by atoms with Gasteiger partial charge in [-0.25, -0.2) is 4.79 Å². The molecule has 0 saturated heterocycles. The highest BCUT2D eigenvalue weighted by molar-refractivity contribution is 7.98. The number of ether oxygens (including phenoxy) is 1. The smallest absolute Gasteiger partial charge is 0.338 e. The van der Waals surface area contributed by atoms with Gasteiger partial charge >= 0.3 is 5.97 Å². The lowest BCUT2D eigenvalue weighted by molar-refractivity contribution is 0.0600. The molecule has 0 aliphatic rings.